The molecule has 0 unspecified atom stereocenters. The molecule has 1 aromatic carbocycles. The quantitative estimate of drug-likeness (QED) is 0.691. The fraction of sp³-hybridized carbons (Fsp3) is 0.381. The first-order valence-electron chi connectivity index (χ1n) is 9.59. The molecule has 0 bridgehead atoms. The van der Waals surface area contributed by atoms with Crippen molar-refractivity contribution >= 4 is 29.1 Å². The predicted octanol–water partition coefficient (Wildman–Crippen LogP) is 2.91. The minimum absolute atomic E-state index is 0.214. The third-order valence-electron chi connectivity index (χ3n) is 4.84. The topological polar surface area (TPSA) is 87.3 Å². The van der Waals surface area contributed by atoms with Crippen molar-refractivity contribution in [1.82, 2.24) is 16.2 Å². The molecule has 0 saturated carbocycles. The zero-order chi connectivity index (χ0) is 19.9. The van der Waals surface area contributed by atoms with E-state index in [9.17, 15) is 14.4 Å². The molecule has 0 fully saturated rings. The molecule has 2 aromatic rings. The summed E-state index contributed by atoms with van der Waals surface area (Å²) >= 11 is 1.50. The van der Waals surface area contributed by atoms with Gasteiger partial charge in [-0.2, -0.15) is 0 Å². The summed E-state index contributed by atoms with van der Waals surface area (Å²) in [5, 5.41) is 2.56. The lowest BCUT2D eigenvalue weighted by Gasteiger charge is -2.09. The van der Waals surface area contributed by atoms with Crippen LogP contribution in [-0.2, 0) is 17.6 Å². The second-order valence-electron chi connectivity index (χ2n) is 6.97. The van der Waals surface area contributed by atoms with Gasteiger partial charge in [0.05, 0.1) is 11.4 Å². The lowest BCUT2D eigenvalue weighted by Crippen LogP contribution is -2.46. The van der Waals surface area contributed by atoms with Crippen LogP contribution in [0.4, 0.5) is 0 Å². The van der Waals surface area contributed by atoms with E-state index in [1.54, 1.807) is 12.1 Å². The van der Waals surface area contributed by atoms with Gasteiger partial charge in [-0.25, -0.2) is 0 Å². The molecule has 1 aliphatic rings. The van der Waals surface area contributed by atoms with Crippen LogP contribution in [0.5, 0.6) is 0 Å². The number of thiophene rings is 1. The van der Waals surface area contributed by atoms with Gasteiger partial charge in [0.2, 0.25) is 0 Å². The van der Waals surface area contributed by atoms with Gasteiger partial charge in [0.1, 0.15) is 0 Å². The highest BCUT2D eigenvalue weighted by atomic mass is 32.1. The lowest BCUT2D eigenvalue weighted by molar-refractivity contribution is -0.120. The molecular weight excluding hydrogens is 374 g/mol. The molecule has 6 nitrogen and oxygen atoms in total. The first-order chi connectivity index (χ1) is 13.5. The number of nitrogens with one attached hydrogen (secondary N) is 3. The Morgan fingerprint density at radius 3 is 2.50 bits per heavy atom. The average Bonchev–Trinajstić information content (AvgIpc) is 3.06. The molecule has 0 aliphatic heterocycles. The number of hydrogen-bond acceptors (Lipinski definition) is 4. The van der Waals surface area contributed by atoms with Crippen LogP contribution < -0.4 is 16.2 Å². The maximum atomic E-state index is 12.3. The molecule has 3 N–H and O–H groups in total. The minimum Gasteiger partial charge on any atom is -0.343 e. The van der Waals surface area contributed by atoms with Crippen LogP contribution in [0.25, 0.3) is 0 Å². The van der Waals surface area contributed by atoms with E-state index in [-0.39, 0.29) is 18.4 Å². The molecule has 7 heteroatoms. The SMILES string of the molecule is Cc1ccccc1C(=O)NCC(=O)NNC(=O)c1cc2c(s1)CCCCCC2. The van der Waals surface area contributed by atoms with Crippen LogP contribution in [0.15, 0.2) is 30.3 Å². The van der Waals surface area contributed by atoms with Gasteiger partial charge in [0, 0.05) is 10.4 Å². The zero-order valence-corrected chi connectivity index (χ0v) is 16.8. The molecule has 0 saturated heterocycles. The van der Waals surface area contributed by atoms with Gasteiger partial charge < -0.3 is 5.32 Å². The molecule has 3 amide bonds. The molecular formula is C21H25N3O3S. The second kappa shape index (κ2) is 9.50. The highest BCUT2D eigenvalue weighted by Crippen LogP contribution is 2.28. The monoisotopic (exact) mass is 399 g/mol. The van der Waals surface area contributed by atoms with E-state index in [0.29, 0.717) is 10.4 Å². The molecule has 0 spiro atoms. The Morgan fingerprint density at radius 2 is 1.71 bits per heavy atom. The molecule has 0 radical (unpaired) electrons. The maximum Gasteiger partial charge on any atom is 0.279 e. The third kappa shape index (κ3) is 5.19. The summed E-state index contributed by atoms with van der Waals surface area (Å²) in [6, 6.07) is 9.09. The molecule has 0 atom stereocenters. The summed E-state index contributed by atoms with van der Waals surface area (Å²) in [6.45, 7) is 1.62. The van der Waals surface area contributed by atoms with E-state index in [1.165, 1.54) is 34.6 Å². The highest BCUT2D eigenvalue weighted by molar-refractivity contribution is 7.14. The van der Waals surface area contributed by atoms with Gasteiger partial charge in [-0.05, 0) is 55.9 Å². The summed E-state index contributed by atoms with van der Waals surface area (Å²) in [7, 11) is 0. The summed E-state index contributed by atoms with van der Waals surface area (Å²) in [6.07, 6.45) is 6.82. The van der Waals surface area contributed by atoms with E-state index in [1.807, 2.05) is 25.1 Å². The van der Waals surface area contributed by atoms with Crippen molar-refractivity contribution in [2.75, 3.05) is 6.54 Å². The number of aryl methyl sites for hydroxylation is 3. The molecule has 3 rings (SSSR count). The smallest absolute Gasteiger partial charge is 0.279 e. The Balaban J connectivity index is 1.48. The van der Waals surface area contributed by atoms with Crippen molar-refractivity contribution in [2.45, 2.75) is 45.4 Å². The Bertz CT molecular complexity index is 850. The van der Waals surface area contributed by atoms with E-state index in [0.717, 1.165) is 31.2 Å². The van der Waals surface area contributed by atoms with Gasteiger partial charge in [0.25, 0.3) is 17.7 Å². The van der Waals surface area contributed by atoms with Crippen LogP contribution in [0, 0.1) is 6.92 Å². The largest absolute Gasteiger partial charge is 0.343 e. The number of fused-ring (bicyclic) bond motifs is 1. The molecule has 1 aromatic heterocycles. The highest BCUT2D eigenvalue weighted by Gasteiger charge is 2.16. The van der Waals surface area contributed by atoms with Crippen molar-refractivity contribution in [3.05, 3.63) is 56.8 Å². The average molecular weight is 400 g/mol. The Hall–Kier alpha value is -2.67. The summed E-state index contributed by atoms with van der Waals surface area (Å²) in [5.41, 5.74) is 7.41. The Kier molecular flexibility index (Phi) is 6.81. The molecule has 148 valence electrons. The van der Waals surface area contributed by atoms with Crippen LogP contribution in [0.3, 0.4) is 0 Å². The predicted molar refractivity (Wildman–Crippen MR) is 109 cm³/mol. The maximum absolute atomic E-state index is 12.3. The van der Waals surface area contributed by atoms with Gasteiger partial charge in [-0.15, -0.1) is 11.3 Å². The van der Waals surface area contributed by atoms with E-state index < -0.39 is 5.91 Å². The number of benzene rings is 1. The fourth-order valence-corrected chi connectivity index (χ4v) is 4.42. The van der Waals surface area contributed by atoms with Crippen molar-refractivity contribution in [1.29, 1.82) is 0 Å². The molecule has 1 aliphatic carbocycles. The lowest BCUT2D eigenvalue weighted by atomic mass is 10.00. The number of hydrazine groups is 1. The Labute approximate surface area is 168 Å². The standard InChI is InChI=1S/C21H25N3O3S/c1-14-8-6-7-10-16(14)20(26)22-13-19(25)23-24-21(27)18-12-15-9-4-2-3-5-11-17(15)28-18/h6-8,10,12H,2-5,9,11,13H2,1H3,(H,22,26)(H,23,25)(H,24,27). The van der Waals surface area contributed by atoms with Gasteiger partial charge in [0.15, 0.2) is 0 Å². The summed E-state index contributed by atoms with van der Waals surface area (Å²) < 4.78 is 0. The van der Waals surface area contributed by atoms with Crippen LogP contribution in [-0.4, -0.2) is 24.3 Å². The van der Waals surface area contributed by atoms with Gasteiger partial charge in [-0.1, -0.05) is 31.0 Å². The fourth-order valence-electron chi connectivity index (χ4n) is 3.27. The number of amides is 3. The van der Waals surface area contributed by atoms with E-state index >= 15 is 0 Å². The van der Waals surface area contributed by atoms with Crippen molar-refractivity contribution in [2.24, 2.45) is 0 Å². The summed E-state index contributed by atoms with van der Waals surface area (Å²) in [4.78, 5) is 38.3. The van der Waals surface area contributed by atoms with E-state index in [4.69, 9.17) is 0 Å². The first kappa shape index (κ1) is 20.1. The molecule has 28 heavy (non-hydrogen) atoms. The molecule has 1 heterocycles. The van der Waals surface area contributed by atoms with Gasteiger partial charge >= 0.3 is 0 Å². The van der Waals surface area contributed by atoms with Crippen molar-refractivity contribution in [3.63, 3.8) is 0 Å². The number of carbonyl (C=O) groups excluding carboxylic acids is 3. The number of hydrogen-bond donors (Lipinski definition) is 3. The van der Waals surface area contributed by atoms with Crippen LogP contribution >= 0.6 is 11.3 Å². The van der Waals surface area contributed by atoms with E-state index in [2.05, 4.69) is 16.2 Å². The van der Waals surface area contributed by atoms with Crippen molar-refractivity contribution < 1.29 is 14.4 Å². The normalized spacial score (nSPS) is 13.6. The summed E-state index contributed by atoms with van der Waals surface area (Å²) in [5.74, 6) is -1.13. The first-order valence-corrected chi connectivity index (χ1v) is 10.4. The number of rotatable bonds is 4. The minimum atomic E-state index is -0.481. The van der Waals surface area contributed by atoms with Gasteiger partial charge in [-0.3, -0.25) is 25.2 Å². The third-order valence-corrected chi connectivity index (χ3v) is 6.07. The van der Waals surface area contributed by atoms with Crippen LogP contribution in [0.1, 0.15) is 61.7 Å². The number of carbonyl (C=O) groups is 3. The van der Waals surface area contributed by atoms with Crippen molar-refractivity contribution in [3.8, 4) is 0 Å². The van der Waals surface area contributed by atoms with Crippen LogP contribution in [0.2, 0.25) is 0 Å². The Morgan fingerprint density at radius 1 is 0.964 bits per heavy atom. The second-order valence-corrected chi connectivity index (χ2v) is 8.11. The zero-order valence-electron chi connectivity index (χ0n) is 16.0.